The van der Waals surface area contributed by atoms with Gasteiger partial charge >= 0.3 is 0 Å². The second-order valence-corrected chi connectivity index (χ2v) is 7.85. The molecule has 36 heavy (non-hydrogen) atoms. The van der Waals surface area contributed by atoms with Gasteiger partial charge < -0.3 is 14.2 Å². The van der Waals surface area contributed by atoms with Gasteiger partial charge in [-0.3, -0.25) is 4.79 Å². The smallest absolute Gasteiger partial charge is 0.271 e. The first kappa shape index (κ1) is 24.5. The number of rotatable bonds is 10. The number of para-hydroxylation sites is 1. The first-order valence-electron chi connectivity index (χ1n) is 11.6. The van der Waals surface area contributed by atoms with Gasteiger partial charge in [0.05, 0.1) is 32.7 Å². The summed E-state index contributed by atoms with van der Waals surface area (Å²) in [6.07, 6.45) is 4.40. The highest BCUT2D eigenvalue weighted by Crippen LogP contribution is 2.28. The standard InChI is InChI=1S/C28H28N4O4/c1-4-16-36-24-13-10-20(11-14-24)27-22(19-32(31-27)23-8-6-5-7-9-23)18-29-30-28(33)21-12-15-25(34-2)26(17-21)35-3/h5-15,17-19H,4,16H2,1-3H3,(H,30,33). The predicted molar refractivity (Wildman–Crippen MR) is 139 cm³/mol. The van der Waals surface area contributed by atoms with Crippen LogP contribution in [0.15, 0.2) is 84.1 Å². The molecule has 0 unspecified atom stereocenters. The minimum absolute atomic E-state index is 0.373. The summed E-state index contributed by atoms with van der Waals surface area (Å²) in [5.41, 5.74) is 6.26. The lowest BCUT2D eigenvalue weighted by molar-refractivity contribution is 0.0954. The molecule has 0 saturated heterocycles. The Kier molecular flexibility index (Phi) is 7.97. The quantitative estimate of drug-likeness (QED) is 0.250. The number of hydrogen-bond donors (Lipinski definition) is 1. The topological polar surface area (TPSA) is 87.0 Å². The van der Waals surface area contributed by atoms with Crippen molar-refractivity contribution in [1.82, 2.24) is 15.2 Å². The lowest BCUT2D eigenvalue weighted by atomic mass is 10.1. The first-order chi connectivity index (χ1) is 17.6. The van der Waals surface area contributed by atoms with E-state index in [0.717, 1.165) is 34.7 Å². The molecule has 0 aliphatic carbocycles. The van der Waals surface area contributed by atoms with Crippen molar-refractivity contribution in [2.75, 3.05) is 20.8 Å². The van der Waals surface area contributed by atoms with Crippen LogP contribution in [0.25, 0.3) is 16.9 Å². The molecule has 1 aromatic heterocycles. The monoisotopic (exact) mass is 484 g/mol. The number of nitrogens with zero attached hydrogens (tertiary/aromatic N) is 3. The molecule has 3 aromatic carbocycles. The predicted octanol–water partition coefficient (Wildman–Crippen LogP) is 5.11. The van der Waals surface area contributed by atoms with Gasteiger partial charge in [0.15, 0.2) is 11.5 Å². The summed E-state index contributed by atoms with van der Waals surface area (Å²) in [5, 5.41) is 8.97. The van der Waals surface area contributed by atoms with Crippen LogP contribution in [-0.4, -0.2) is 42.7 Å². The van der Waals surface area contributed by atoms with Gasteiger partial charge in [-0.2, -0.15) is 10.2 Å². The zero-order valence-electron chi connectivity index (χ0n) is 20.5. The van der Waals surface area contributed by atoms with Gasteiger partial charge in [-0.05, 0) is 61.0 Å². The lowest BCUT2D eigenvalue weighted by Gasteiger charge is -2.08. The Bertz CT molecular complexity index is 1330. The molecule has 8 heteroatoms. The fourth-order valence-corrected chi connectivity index (χ4v) is 3.55. The van der Waals surface area contributed by atoms with Crippen LogP contribution in [0.4, 0.5) is 0 Å². The first-order valence-corrected chi connectivity index (χ1v) is 11.6. The van der Waals surface area contributed by atoms with Crippen molar-refractivity contribution >= 4 is 12.1 Å². The molecule has 184 valence electrons. The molecule has 4 aromatic rings. The van der Waals surface area contributed by atoms with Crippen LogP contribution in [0.2, 0.25) is 0 Å². The maximum atomic E-state index is 12.7. The summed E-state index contributed by atoms with van der Waals surface area (Å²) in [7, 11) is 3.06. The number of nitrogens with one attached hydrogen (secondary N) is 1. The third-order valence-electron chi connectivity index (χ3n) is 5.38. The Hall–Kier alpha value is -4.59. The number of aromatic nitrogens is 2. The molecule has 0 fully saturated rings. The molecule has 0 aliphatic rings. The van der Waals surface area contributed by atoms with Crippen molar-refractivity contribution in [1.29, 1.82) is 0 Å². The minimum atomic E-state index is -0.373. The Labute approximate surface area is 210 Å². The highest BCUT2D eigenvalue weighted by atomic mass is 16.5. The minimum Gasteiger partial charge on any atom is -0.494 e. The van der Waals surface area contributed by atoms with Crippen LogP contribution in [-0.2, 0) is 0 Å². The number of hydrazone groups is 1. The molecule has 0 bridgehead atoms. The van der Waals surface area contributed by atoms with Gasteiger partial charge in [-0.1, -0.05) is 25.1 Å². The summed E-state index contributed by atoms with van der Waals surface area (Å²) < 4.78 is 18.0. The van der Waals surface area contributed by atoms with Crippen LogP contribution in [0.3, 0.4) is 0 Å². The van der Waals surface area contributed by atoms with Crippen LogP contribution in [0.5, 0.6) is 17.2 Å². The molecule has 0 saturated carbocycles. The van der Waals surface area contributed by atoms with Gasteiger partial charge in [0.1, 0.15) is 11.4 Å². The van der Waals surface area contributed by atoms with Crippen molar-refractivity contribution < 1.29 is 19.0 Å². The highest BCUT2D eigenvalue weighted by molar-refractivity contribution is 5.96. The number of hydrogen-bond acceptors (Lipinski definition) is 6. The van der Waals surface area contributed by atoms with E-state index in [1.807, 2.05) is 60.8 Å². The van der Waals surface area contributed by atoms with E-state index in [9.17, 15) is 4.79 Å². The van der Waals surface area contributed by atoms with Crippen molar-refractivity contribution in [3.05, 3.63) is 90.1 Å². The summed E-state index contributed by atoms with van der Waals surface area (Å²) in [6.45, 7) is 2.74. The fourth-order valence-electron chi connectivity index (χ4n) is 3.55. The second-order valence-electron chi connectivity index (χ2n) is 7.85. The molecule has 0 atom stereocenters. The van der Waals surface area contributed by atoms with Gasteiger partial charge in [-0.25, -0.2) is 10.1 Å². The van der Waals surface area contributed by atoms with Gasteiger partial charge in [0.2, 0.25) is 0 Å². The van der Waals surface area contributed by atoms with Gasteiger partial charge in [-0.15, -0.1) is 0 Å². The van der Waals surface area contributed by atoms with Crippen molar-refractivity contribution in [3.8, 4) is 34.2 Å². The van der Waals surface area contributed by atoms with Gasteiger partial charge in [0, 0.05) is 22.9 Å². The highest BCUT2D eigenvalue weighted by Gasteiger charge is 2.13. The van der Waals surface area contributed by atoms with E-state index in [4.69, 9.17) is 19.3 Å². The number of ether oxygens (including phenoxy) is 3. The number of carbonyl (C=O) groups excluding carboxylic acids is 1. The van der Waals surface area contributed by atoms with Crippen molar-refractivity contribution in [2.45, 2.75) is 13.3 Å². The van der Waals surface area contributed by atoms with E-state index in [-0.39, 0.29) is 5.91 Å². The molecule has 8 nitrogen and oxygen atoms in total. The van der Waals surface area contributed by atoms with E-state index in [0.29, 0.717) is 23.7 Å². The Morgan fingerprint density at radius 2 is 1.75 bits per heavy atom. The molecule has 0 spiro atoms. The zero-order chi connectivity index (χ0) is 25.3. The normalized spacial score (nSPS) is 10.9. The van der Waals surface area contributed by atoms with E-state index in [2.05, 4.69) is 17.5 Å². The SMILES string of the molecule is CCCOc1ccc(-c2nn(-c3ccccc3)cc2C=NNC(=O)c2ccc(OC)c(OC)c2)cc1. The largest absolute Gasteiger partial charge is 0.494 e. The summed E-state index contributed by atoms with van der Waals surface area (Å²) in [6, 6.07) is 22.5. The molecule has 0 aliphatic heterocycles. The average molecular weight is 485 g/mol. The molecule has 0 radical (unpaired) electrons. The van der Waals surface area contributed by atoms with Crippen LogP contribution < -0.4 is 19.6 Å². The number of carbonyl (C=O) groups is 1. The third kappa shape index (κ3) is 5.72. The summed E-state index contributed by atoms with van der Waals surface area (Å²) in [4.78, 5) is 12.7. The number of benzene rings is 3. The van der Waals surface area contributed by atoms with Crippen LogP contribution >= 0.6 is 0 Å². The van der Waals surface area contributed by atoms with E-state index in [1.165, 1.54) is 7.11 Å². The third-order valence-corrected chi connectivity index (χ3v) is 5.38. The van der Waals surface area contributed by atoms with Crippen molar-refractivity contribution in [3.63, 3.8) is 0 Å². The average Bonchev–Trinajstić information content (AvgIpc) is 3.36. The molecule has 4 rings (SSSR count). The molecular weight excluding hydrogens is 456 g/mol. The molecule has 1 heterocycles. The molecule has 1 amide bonds. The van der Waals surface area contributed by atoms with Crippen LogP contribution in [0.1, 0.15) is 29.3 Å². The number of methoxy groups -OCH3 is 2. The zero-order valence-corrected chi connectivity index (χ0v) is 20.5. The maximum absolute atomic E-state index is 12.7. The lowest BCUT2D eigenvalue weighted by Crippen LogP contribution is -2.17. The van der Waals surface area contributed by atoms with E-state index in [1.54, 1.807) is 36.2 Å². The van der Waals surface area contributed by atoms with E-state index >= 15 is 0 Å². The van der Waals surface area contributed by atoms with Gasteiger partial charge in [0.25, 0.3) is 5.91 Å². The fraction of sp³-hybridized carbons (Fsp3) is 0.179. The molecule has 1 N–H and O–H groups in total. The van der Waals surface area contributed by atoms with E-state index < -0.39 is 0 Å². The Morgan fingerprint density at radius 3 is 2.44 bits per heavy atom. The Morgan fingerprint density at radius 1 is 1.00 bits per heavy atom. The Balaban J connectivity index is 1.59. The molecular formula is C28H28N4O4. The summed E-state index contributed by atoms with van der Waals surface area (Å²) in [5.74, 6) is 1.44. The summed E-state index contributed by atoms with van der Waals surface area (Å²) >= 11 is 0. The maximum Gasteiger partial charge on any atom is 0.271 e. The van der Waals surface area contributed by atoms with Crippen molar-refractivity contribution in [2.24, 2.45) is 5.10 Å². The second kappa shape index (κ2) is 11.7. The number of amides is 1. The van der Waals surface area contributed by atoms with Crippen LogP contribution in [0, 0.1) is 0 Å².